The van der Waals surface area contributed by atoms with Crippen LogP contribution in [0.3, 0.4) is 0 Å². The van der Waals surface area contributed by atoms with Crippen molar-refractivity contribution in [2.24, 2.45) is 17.8 Å². The molecule has 23 heavy (non-hydrogen) atoms. The number of fused-ring (bicyclic) bond motifs is 2. The molecule has 4 nitrogen and oxygen atoms in total. The summed E-state index contributed by atoms with van der Waals surface area (Å²) in [6.45, 7) is 3.99. The molecule has 1 aromatic rings. The maximum atomic E-state index is 12.5. The number of nitrogens with one attached hydrogen (secondary N) is 1. The number of rotatable bonds is 5. The summed E-state index contributed by atoms with van der Waals surface area (Å²) in [6, 6.07) is 7.12. The summed E-state index contributed by atoms with van der Waals surface area (Å²) >= 11 is 0. The van der Waals surface area contributed by atoms with Crippen molar-refractivity contribution in [1.82, 2.24) is 5.32 Å². The molecule has 2 bridgehead atoms. The molecule has 0 saturated heterocycles. The van der Waals surface area contributed by atoms with Crippen LogP contribution in [0.5, 0.6) is 0 Å². The zero-order valence-electron chi connectivity index (χ0n) is 13.7. The first-order valence-corrected chi connectivity index (χ1v) is 9.65. The molecular formula is C18H25NO3S. The molecule has 0 aromatic heterocycles. The third kappa shape index (κ3) is 3.22. The second kappa shape index (κ2) is 6.73. The van der Waals surface area contributed by atoms with Gasteiger partial charge in [-0.05, 0) is 55.4 Å². The molecule has 1 aromatic carbocycles. The SMILES string of the molecule is CC(C)S(=O)c1ccc(C(=O)NC2C3CCC(C3)C2CO)cc1. The van der Waals surface area contributed by atoms with Crippen molar-refractivity contribution in [2.45, 2.75) is 49.3 Å². The topological polar surface area (TPSA) is 66.4 Å². The Hall–Kier alpha value is -1.20. The van der Waals surface area contributed by atoms with Crippen LogP contribution in [0.15, 0.2) is 29.2 Å². The van der Waals surface area contributed by atoms with E-state index in [-0.39, 0.29) is 29.7 Å². The van der Waals surface area contributed by atoms with Crippen molar-refractivity contribution in [3.63, 3.8) is 0 Å². The maximum Gasteiger partial charge on any atom is 0.251 e. The van der Waals surface area contributed by atoms with Gasteiger partial charge in [0.05, 0.1) is 10.8 Å². The van der Waals surface area contributed by atoms with Crippen molar-refractivity contribution in [2.75, 3.05) is 6.61 Å². The zero-order chi connectivity index (χ0) is 16.6. The Bertz CT molecular complexity index is 599. The Morgan fingerprint density at radius 3 is 2.52 bits per heavy atom. The smallest absolute Gasteiger partial charge is 0.251 e. The van der Waals surface area contributed by atoms with E-state index < -0.39 is 10.8 Å². The summed E-state index contributed by atoms with van der Waals surface area (Å²) in [6.07, 6.45) is 3.46. The van der Waals surface area contributed by atoms with Crippen LogP contribution in [0.2, 0.25) is 0 Å². The molecule has 5 atom stereocenters. The van der Waals surface area contributed by atoms with E-state index in [1.165, 1.54) is 6.42 Å². The Balaban J connectivity index is 1.68. The van der Waals surface area contributed by atoms with E-state index in [2.05, 4.69) is 5.32 Å². The molecule has 5 heteroatoms. The predicted octanol–water partition coefficient (Wildman–Crippen LogP) is 2.34. The van der Waals surface area contributed by atoms with Crippen molar-refractivity contribution in [3.05, 3.63) is 29.8 Å². The quantitative estimate of drug-likeness (QED) is 0.868. The van der Waals surface area contributed by atoms with Crippen molar-refractivity contribution in [1.29, 1.82) is 0 Å². The number of aliphatic hydroxyl groups is 1. The van der Waals surface area contributed by atoms with Gasteiger partial charge in [-0.3, -0.25) is 9.00 Å². The van der Waals surface area contributed by atoms with E-state index in [0.717, 1.165) is 17.7 Å². The molecular weight excluding hydrogens is 310 g/mol. The number of aliphatic hydroxyl groups excluding tert-OH is 1. The molecule has 0 radical (unpaired) electrons. The van der Waals surface area contributed by atoms with Crippen LogP contribution in [-0.4, -0.2) is 33.1 Å². The Morgan fingerprint density at radius 2 is 1.91 bits per heavy atom. The van der Waals surface area contributed by atoms with Gasteiger partial charge in [0.15, 0.2) is 0 Å². The number of amides is 1. The Kier molecular flexibility index (Phi) is 4.87. The first-order valence-electron chi connectivity index (χ1n) is 8.43. The van der Waals surface area contributed by atoms with Gasteiger partial charge in [0, 0.05) is 34.3 Å². The third-order valence-corrected chi connectivity index (χ3v) is 6.97. The van der Waals surface area contributed by atoms with E-state index in [1.54, 1.807) is 24.3 Å². The second-order valence-corrected chi connectivity index (χ2v) is 9.06. The average Bonchev–Trinajstić information content (AvgIpc) is 3.15. The summed E-state index contributed by atoms with van der Waals surface area (Å²) in [5, 5.41) is 12.8. The highest BCUT2D eigenvalue weighted by Gasteiger charge is 2.47. The Labute approximate surface area is 140 Å². The Morgan fingerprint density at radius 1 is 1.26 bits per heavy atom. The fourth-order valence-corrected chi connectivity index (χ4v) is 5.09. The van der Waals surface area contributed by atoms with Gasteiger partial charge in [0.1, 0.15) is 0 Å². The minimum absolute atomic E-state index is 0.0639. The van der Waals surface area contributed by atoms with Crippen molar-refractivity contribution in [3.8, 4) is 0 Å². The molecule has 2 aliphatic rings. The van der Waals surface area contributed by atoms with Crippen LogP contribution < -0.4 is 5.32 Å². The number of carbonyl (C=O) groups is 1. The normalized spacial score (nSPS) is 30.6. The highest BCUT2D eigenvalue weighted by molar-refractivity contribution is 7.85. The summed E-state index contributed by atoms with van der Waals surface area (Å²) in [5.74, 6) is 1.17. The van der Waals surface area contributed by atoms with E-state index in [1.807, 2.05) is 13.8 Å². The zero-order valence-corrected chi connectivity index (χ0v) is 14.5. The molecule has 2 N–H and O–H groups in total. The summed E-state index contributed by atoms with van der Waals surface area (Å²) in [5.41, 5.74) is 0.592. The van der Waals surface area contributed by atoms with Gasteiger partial charge in [-0.15, -0.1) is 0 Å². The third-order valence-electron chi connectivity index (χ3n) is 5.37. The number of benzene rings is 1. The molecule has 2 saturated carbocycles. The van der Waals surface area contributed by atoms with Gasteiger partial charge in [0.25, 0.3) is 5.91 Å². The summed E-state index contributed by atoms with van der Waals surface area (Å²) in [4.78, 5) is 13.2. The lowest BCUT2D eigenvalue weighted by molar-refractivity contribution is 0.0861. The summed E-state index contributed by atoms with van der Waals surface area (Å²) in [7, 11) is -1.03. The van der Waals surface area contributed by atoms with Crippen LogP contribution in [0, 0.1) is 17.8 Å². The highest BCUT2D eigenvalue weighted by Crippen LogP contribution is 2.48. The maximum absolute atomic E-state index is 12.5. The van der Waals surface area contributed by atoms with Crippen LogP contribution in [0.25, 0.3) is 0 Å². The van der Waals surface area contributed by atoms with Crippen LogP contribution >= 0.6 is 0 Å². The first-order chi connectivity index (χ1) is 11.0. The predicted molar refractivity (Wildman–Crippen MR) is 90.6 cm³/mol. The van der Waals surface area contributed by atoms with Gasteiger partial charge in [-0.25, -0.2) is 0 Å². The molecule has 0 aliphatic heterocycles. The van der Waals surface area contributed by atoms with Gasteiger partial charge in [0.2, 0.25) is 0 Å². The molecule has 0 spiro atoms. The molecule has 1 amide bonds. The van der Waals surface area contributed by atoms with Gasteiger partial charge < -0.3 is 10.4 Å². The minimum Gasteiger partial charge on any atom is -0.396 e. The van der Waals surface area contributed by atoms with E-state index in [9.17, 15) is 14.1 Å². The van der Waals surface area contributed by atoms with Gasteiger partial charge in [-0.1, -0.05) is 13.8 Å². The fraction of sp³-hybridized carbons (Fsp3) is 0.611. The van der Waals surface area contributed by atoms with Crippen molar-refractivity contribution < 1.29 is 14.1 Å². The number of hydrogen-bond donors (Lipinski definition) is 2. The largest absolute Gasteiger partial charge is 0.396 e. The molecule has 3 rings (SSSR count). The van der Waals surface area contributed by atoms with E-state index in [4.69, 9.17) is 0 Å². The lowest BCUT2D eigenvalue weighted by Gasteiger charge is -2.30. The molecule has 5 unspecified atom stereocenters. The van der Waals surface area contributed by atoms with Crippen LogP contribution in [0.4, 0.5) is 0 Å². The molecule has 2 fully saturated rings. The highest BCUT2D eigenvalue weighted by atomic mass is 32.2. The minimum atomic E-state index is -1.03. The van der Waals surface area contributed by atoms with Crippen LogP contribution in [-0.2, 0) is 10.8 Å². The van der Waals surface area contributed by atoms with E-state index >= 15 is 0 Å². The molecule has 0 heterocycles. The lowest BCUT2D eigenvalue weighted by Crippen LogP contribution is -2.45. The number of carbonyl (C=O) groups excluding carboxylic acids is 1. The monoisotopic (exact) mass is 335 g/mol. The van der Waals surface area contributed by atoms with E-state index in [0.29, 0.717) is 17.4 Å². The standard InChI is InChI=1S/C18H25NO3S/c1-11(2)23(22)15-7-5-12(6-8-15)18(21)19-17-14-4-3-13(9-14)16(17)10-20/h5-8,11,13-14,16-17,20H,3-4,9-10H2,1-2H3,(H,19,21). The second-order valence-electron chi connectivity index (χ2n) is 7.05. The van der Waals surface area contributed by atoms with Crippen LogP contribution in [0.1, 0.15) is 43.5 Å². The fourth-order valence-electron chi connectivity index (χ4n) is 4.15. The first kappa shape index (κ1) is 16.7. The average molecular weight is 335 g/mol. The van der Waals surface area contributed by atoms with Gasteiger partial charge in [-0.2, -0.15) is 0 Å². The lowest BCUT2D eigenvalue weighted by atomic mass is 9.85. The number of hydrogen-bond acceptors (Lipinski definition) is 3. The summed E-state index contributed by atoms with van der Waals surface area (Å²) < 4.78 is 12.1. The van der Waals surface area contributed by atoms with Gasteiger partial charge >= 0.3 is 0 Å². The molecule has 126 valence electrons. The van der Waals surface area contributed by atoms with Crippen molar-refractivity contribution >= 4 is 16.7 Å². The molecule has 2 aliphatic carbocycles.